The molecule has 114 heavy (non-hydrogen) atoms. The third-order valence-electron chi connectivity index (χ3n) is 21.1. The normalized spacial score (nSPS) is 12.1. The Kier molecular flexibility index (Phi) is 20.6. The quantitative estimate of drug-likeness (QED) is 0.0599. The molecule has 0 aliphatic rings. The summed E-state index contributed by atoms with van der Waals surface area (Å²) in [6, 6.07) is 111. The number of methoxy groups -OCH3 is 3. The number of anilines is 9. The second-order valence-electron chi connectivity index (χ2n) is 28.0. The zero-order chi connectivity index (χ0) is 78.7. The van der Waals surface area contributed by atoms with Gasteiger partial charge in [-0.05, 0) is 201 Å². The van der Waals surface area contributed by atoms with Crippen LogP contribution in [0.5, 0.6) is 0 Å². The number of benzene rings is 15. The second kappa shape index (κ2) is 31.8. The van der Waals surface area contributed by atoms with Crippen molar-refractivity contribution in [2.45, 2.75) is 41.5 Å². The van der Waals surface area contributed by atoms with E-state index in [1.165, 1.54) is 0 Å². The van der Waals surface area contributed by atoms with E-state index in [9.17, 15) is 14.4 Å². The number of ketones is 3. The van der Waals surface area contributed by atoms with Crippen molar-refractivity contribution in [2.75, 3.05) is 36.0 Å². The number of hydrogen-bond donors (Lipinski definition) is 0. The van der Waals surface area contributed by atoms with E-state index < -0.39 is 0 Å². The molecule has 12 heteroatoms. The largest absolute Gasteiger partial charge is 0.501 e. The van der Waals surface area contributed by atoms with Crippen LogP contribution in [0.4, 0.5) is 51.2 Å². The summed E-state index contributed by atoms with van der Waals surface area (Å²) in [5.41, 5.74) is 18.6. The summed E-state index contributed by atoms with van der Waals surface area (Å²) in [6.07, 6.45) is 0. The first-order valence-electron chi connectivity index (χ1n) is 37.8. The van der Waals surface area contributed by atoms with E-state index >= 15 is 0 Å². The molecule has 3 heterocycles. The van der Waals surface area contributed by atoms with Gasteiger partial charge in [-0.15, -0.1) is 0 Å². The number of para-hydroxylation sites is 6. The lowest BCUT2D eigenvalue weighted by Gasteiger charge is -2.27. The summed E-state index contributed by atoms with van der Waals surface area (Å²) in [5.74, 6) is 1.74. The van der Waals surface area contributed by atoms with Crippen LogP contribution in [-0.2, 0) is 28.6 Å². The van der Waals surface area contributed by atoms with Crippen LogP contribution in [0.15, 0.2) is 358 Å². The number of carbonyl (C=O) groups is 3. The SMILES string of the molecule is CO/C(C)=C(\C(C)=O)c1ccc(N(c2ccccc2)c2ccc3c(c2)oc2ccccc23)c2ccccc12.CO/C(C)=C(\C(C)=O)c1ccc2cc(N(c3ccccc3)c3ccc4c(c3)oc3ccccc34)ccc2c1.CO/C(C)=C(\C(C)=O)c1cccc2c(N(c3ccccc3)c3ccc4c(c3)oc3ccccc34)cccc12. The van der Waals surface area contributed by atoms with Crippen molar-refractivity contribution < 1.29 is 41.8 Å². The van der Waals surface area contributed by atoms with E-state index in [1.807, 2.05) is 178 Å². The molecule has 0 amide bonds. The molecule has 558 valence electrons. The molecular formula is C102H81N3O9. The minimum atomic E-state index is -0.0301. The van der Waals surface area contributed by atoms with Crippen molar-refractivity contribution in [2.24, 2.45) is 0 Å². The third-order valence-corrected chi connectivity index (χ3v) is 21.1. The molecular weight excluding hydrogens is 1410 g/mol. The Morgan fingerprint density at radius 3 is 1.00 bits per heavy atom. The minimum Gasteiger partial charge on any atom is -0.501 e. The van der Waals surface area contributed by atoms with E-state index in [0.29, 0.717) is 34.0 Å². The topological polar surface area (TPSA) is 128 Å². The van der Waals surface area contributed by atoms with Crippen molar-refractivity contribution in [3.63, 3.8) is 0 Å². The molecule has 18 rings (SSSR count). The van der Waals surface area contributed by atoms with Crippen molar-refractivity contribution in [1.29, 1.82) is 0 Å². The summed E-state index contributed by atoms with van der Waals surface area (Å²) in [5, 5.41) is 12.8. The van der Waals surface area contributed by atoms with Crippen LogP contribution in [0.25, 0.3) is 115 Å². The zero-order valence-corrected chi connectivity index (χ0v) is 64.7. The summed E-state index contributed by atoms with van der Waals surface area (Å²) in [6.45, 7) is 10.2. The minimum absolute atomic E-state index is 0.0171. The molecule has 0 spiro atoms. The predicted octanol–water partition coefficient (Wildman–Crippen LogP) is 27.5. The van der Waals surface area contributed by atoms with Crippen LogP contribution >= 0.6 is 0 Å². The lowest BCUT2D eigenvalue weighted by Crippen LogP contribution is -2.11. The highest BCUT2D eigenvalue weighted by Gasteiger charge is 2.25. The smallest absolute Gasteiger partial charge is 0.163 e. The predicted molar refractivity (Wildman–Crippen MR) is 469 cm³/mol. The number of carbonyl (C=O) groups excluding carboxylic acids is 3. The van der Waals surface area contributed by atoms with Crippen LogP contribution < -0.4 is 14.7 Å². The Morgan fingerprint density at radius 2 is 0.553 bits per heavy atom. The van der Waals surface area contributed by atoms with Gasteiger partial charge in [-0.3, -0.25) is 14.4 Å². The molecule has 0 aliphatic carbocycles. The highest BCUT2D eigenvalue weighted by Crippen LogP contribution is 2.47. The molecule has 18 aromatic rings. The maximum absolute atomic E-state index is 12.7. The lowest BCUT2D eigenvalue weighted by atomic mass is 9.93. The number of rotatable bonds is 18. The zero-order valence-electron chi connectivity index (χ0n) is 64.7. The number of fused-ring (bicyclic) bond motifs is 12. The molecule has 0 bridgehead atoms. The average Bonchev–Trinajstić information content (AvgIpc) is 1.26. The number of nitrogens with zero attached hydrogens (tertiary/aromatic N) is 3. The Morgan fingerprint density at radius 1 is 0.237 bits per heavy atom. The highest BCUT2D eigenvalue weighted by molar-refractivity contribution is 6.26. The van der Waals surface area contributed by atoms with Gasteiger partial charge >= 0.3 is 0 Å². The van der Waals surface area contributed by atoms with E-state index in [4.69, 9.17) is 27.5 Å². The number of ether oxygens (including phenoxy) is 3. The molecule has 0 saturated carbocycles. The van der Waals surface area contributed by atoms with Crippen LogP contribution in [-0.4, -0.2) is 38.7 Å². The van der Waals surface area contributed by atoms with Gasteiger partial charge in [0.25, 0.3) is 0 Å². The Balaban J connectivity index is 0.000000129. The van der Waals surface area contributed by atoms with Gasteiger partial charge in [0, 0.05) is 101 Å². The fraction of sp³-hybridized carbons (Fsp3) is 0.0882. The maximum atomic E-state index is 12.7. The fourth-order valence-electron chi connectivity index (χ4n) is 15.7. The van der Waals surface area contributed by atoms with E-state index in [1.54, 1.807) is 42.1 Å². The average molecular weight is 1490 g/mol. The fourth-order valence-corrected chi connectivity index (χ4v) is 15.7. The number of hydrogen-bond acceptors (Lipinski definition) is 12. The Bertz CT molecular complexity index is 6620. The standard InChI is InChI=1S/3C34H27NO3/c1-22(36)34(23(2)37-3)30-16-9-15-27-26(30)14-10-17-31(27)35(24-11-5-4-6-12-24)25-19-20-29-28-13-7-8-18-32(28)38-33(29)21-25;1-22(36)34(23(2)37-3)30-19-20-31(27-14-8-7-13-26(27)30)35(24-11-5-4-6-12-24)25-17-18-29-28-15-9-10-16-32(28)38-33(29)21-25;1-22(36)34(23(2)37-3)26-14-13-25-20-28(16-15-24(25)19-26)35(27-9-5-4-6-10-27)29-17-18-31-30-11-7-8-12-32(30)38-33(31)21-29/h3*4-21H,1-3H3/b3*34-23+. The molecule has 0 atom stereocenters. The summed E-state index contributed by atoms with van der Waals surface area (Å²) in [7, 11) is 4.78. The Labute approximate surface area is 660 Å². The number of allylic oxidation sites excluding steroid dienone is 6. The van der Waals surface area contributed by atoms with E-state index in [-0.39, 0.29) is 17.3 Å². The third kappa shape index (κ3) is 14.1. The maximum Gasteiger partial charge on any atom is 0.163 e. The summed E-state index contributed by atoms with van der Waals surface area (Å²) in [4.78, 5) is 44.4. The first-order valence-corrected chi connectivity index (χ1v) is 37.8. The van der Waals surface area contributed by atoms with Gasteiger partial charge in [0.1, 0.15) is 50.8 Å². The van der Waals surface area contributed by atoms with Crippen LogP contribution in [0.2, 0.25) is 0 Å². The molecule has 0 fully saturated rings. The van der Waals surface area contributed by atoms with Gasteiger partial charge in [0.15, 0.2) is 17.3 Å². The molecule has 0 aliphatic heterocycles. The van der Waals surface area contributed by atoms with Gasteiger partial charge in [-0.2, -0.15) is 0 Å². The number of Topliss-reactive ketones (excluding diaryl/α,β-unsaturated/α-hetero) is 3. The van der Waals surface area contributed by atoms with E-state index in [2.05, 4.69) is 185 Å². The van der Waals surface area contributed by atoms with Crippen LogP contribution in [0, 0.1) is 0 Å². The van der Waals surface area contributed by atoms with Gasteiger partial charge in [-0.1, -0.05) is 188 Å². The van der Waals surface area contributed by atoms with Crippen molar-refractivity contribution in [1.82, 2.24) is 0 Å². The monoisotopic (exact) mass is 1490 g/mol. The number of furan rings is 3. The molecule has 12 nitrogen and oxygen atoms in total. The molecule has 0 radical (unpaired) electrons. The molecule has 0 N–H and O–H groups in total. The molecule has 0 saturated heterocycles. The highest BCUT2D eigenvalue weighted by atomic mass is 16.5. The lowest BCUT2D eigenvalue weighted by molar-refractivity contribution is -0.112. The van der Waals surface area contributed by atoms with Crippen molar-refractivity contribution in [3.05, 3.63) is 362 Å². The van der Waals surface area contributed by atoms with Crippen molar-refractivity contribution in [3.8, 4) is 0 Å². The van der Waals surface area contributed by atoms with Crippen LogP contribution in [0.1, 0.15) is 58.2 Å². The van der Waals surface area contributed by atoms with Gasteiger partial charge < -0.3 is 42.2 Å². The summed E-state index contributed by atoms with van der Waals surface area (Å²) < 4.78 is 35.0. The summed E-state index contributed by atoms with van der Waals surface area (Å²) >= 11 is 0. The molecule has 3 aromatic heterocycles. The van der Waals surface area contributed by atoms with Gasteiger partial charge in [0.2, 0.25) is 0 Å². The first kappa shape index (κ1) is 73.6. The Hall–Kier alpha value is -14.5. The van der Waals surface area contributed by atoms with E-state index in [0.717, 1.165) is 166 Å². The second-order valence-corrected chi connectivity index (χ2v) is 28.0. The van der Waals surface area contributed by atoms with Crippen LogP contribution in [0.3, 0.4) is 0 Å². The molecule has 0 unspecified atom stereocenters. The first-order chi connectivity index (χ1) is 55.7. The molecule has 15 aromatic carbocycles. The van der Waals surface area contributed by atoms with Gasteiger partial charge in [-0.25, -0.2) is 0 Å². The van der Waals surface area contributed by atoms with Gasteiger partial charge in [0.05, 0.1) is 49.4 Å². The van der Waals surface area contributed by atoms with Crippen molar-refractivity contribution >= 4 is 183 Å².